The van der Waals surface area contributed by atoms with Crippen LogP contribution in [0.1, 0.15) is 37.9 Å². The lowest BCUT2D eigenvalue weighted by atomic mass is 10.0. The van der Waals surface area contributed by atoms with E-state index in [1.165, 1.54) is 12.1 Å². The van der Waals surface area contributed by atoms with Crippen molar-refractivity contribution in [3.05, 3.63) is 42.8 Å². The number of hydrogen-bond donors (Lipinski definition) is 0. The third-order valence-electron chi connectivity index (χ3n) is 2.81. The van der Waals surface area contributed by atoms with E-state index in [2.05, 4.69) is 13.8 Å². The molecule has 0 N–H and O–H groups in total. The van der Waals surface area contributed by atoms with Gasteiger partial charge in [0.25, 0.3) is 0 Å². The zero-order chi connectivity index (χ0) is 11.5. The Morgan fingerprint density at radius 3 is 2.94 bits per heavy atom. The molecular formula is C14H16FO. The summed E-state index contributed by atoms with van der Waals surface area (Å²) in [5.41, 5.74) is 0.738. The minimum Gasteiger partial charge on any atom is -0.461 e. The van der Waals surface area contributed by atoms with E-state index in [1.807, 2.05) is 6.07 Å². The summed E-state index contributed by atoms with van der Waals surface area (Å²) >= 11 is 0. The lowest BCUT2D eigenvalue weighted by Crippen LogP contribution is -1.90. The fourth-order valence-electron chi connectivity index (χ4n) is 1.83. The van der Waals surface area contributed by atoms with Crippen LogP contribution in [0.5, 0.6) is 0 Å². The average molecular weight is 219 g/mol. The maximum absolute atomic E-state index is 13.0. The topological polar surface area (TPSA) is 13.1 Å². The van der Waals surface area contributed by atoms with Crippen LogP contribution in [0.4, 0.5) is 4.39 Å². The first kappa shape index (κ1) is 11.2. The van der Waals surface area contributed by atoms with Gasteiger partial charge >= 0.3 is 0 Å². The predicted molar refractivity (Wildman–Crippen MR) is 63.8 cm³/mol. The summed E-state index contributed by atoms with van der Waals surface area (Å²) < 4.78 is 18.6. The molecule has 2 heteroatoms. The molecule has 1 unspecified atom stereocenters. The van der Waals surface area contributed by atoms with Gasteiger partial charge in [-0.25, -0.2) is 4.39 Å². The van der Waals surface area contributed by atoms with Crippen LogP contribution >= 0.6 is 0 Å². The van der Waals surface area contributed by atoms with Crippen LogP contribution in [0.25, 0.3) is 11.0 Å². The first-order chi connectivity index (χ1) is 7.70. The quantitative estimate of drug-likeness (QED) is 0.727. The zero-order valence-electron chi connectivity index (χ0n) is 9.50. The van der Waals surface area contributed by atoms with Gasteiger partial charge < -0.3 is 4.42 Å². The van der Waals surface area contributed by atoms with Gasteiger partial charge in [0.2, 0.25) is 0 Å². The molecule has 0 aliphatic heterocycles. The molecule has 0 aliphatic rings. The Morgan fingerprint density at radius 2 is 2.19 bits per heavy atom. The molecule has 1 aromatic carbocycles. The van der Waals surface area contributed by atoms with Gasteiger partial charge in [0, 0.05) is 11.3 Å². The van der Waals surface area contributed by atoms with Gasteiger partial charge in [-0.2, -0.15) is 0 Å². The van der Waals surface area contributed by atoms with Gasteiger partial charge in [0.15, 0.2) is 0 Å². The van der Waals surface area contributed by atoms with Gasteiger partial charge in [-0.05, 0) is 37.6 Å². The van der Waals surface area contributed by atoms with Crippen LogP contribution in [0, 0.1) is 12.7 Å². The van der Waals surface area contributed by atoms with E-state index in [4.69, 9.17) is 4.42 Å². The summed E-state index contributed by atoms with van der Waals surface area (Å²) in [7, 11) is 0. The van der Waals surface area contributed by atoms with E-state index in [0.29, 0.717) is 0 Å². The maximum atomic E-state index is 13.0. The Hall–Kier alpha value is -1.31. The summed E-state index contributed by atoms with van der Waals surface area (Å²) in [6.45, 7) is 6.23. The minimum atomic E-state index is -0.228. The molecular weight excluding hydrogens is 203 g/mol. The molecule has 1 heterocycles. The molecule has 1 atom stereocenters. The molecule has 0 bridgehead atoms. The number of benzene rings is 1. The number of furan rings is 1. The van der Waals surface area contributed by atoms with E-state index < -0.39 is 0 Å². The Bertz CT molecular complexity index is 473. The molecule has 1 radical (unpaired) electrons. The van der Waals surface area contributed by atoms with Crippen LogP contribution in [0.15, 0.2) is 28.7 Å². The van der Waals surface area contributed by atoms with Gasteiger partial charge in [-0.15, -0.1) is 0 Å². The van der Waals surface area contributed by atoms with E-state index in [1.54, 1.807) is 6.07 Å². The van der Waals surface area contributed by atoms with E-state index in [9.17, 15) is 4.39 Å². The van der Waals surface area contributed by atoms with Crippen molar-refractivity contribution in [1.82, 2.24) is 0 Å². The lowest BCUT2D eigenvalue weighted by molar-refractivity contribution is 0.499. The maximum Gasteiger partial charge on any atom is 0.134 e. The van der Waals surface area contributed by atoms with Crippen LogP contribution in [0.3, 0.4) is 0 Å². The zero-order valence-corrected chi connectivity index (χ0v) is 9.50. The number of unbranched alkanes of at least 4 members (excludes halogenated alkanes) is 1. The summed E-state index contributed by atoms with van der Waals surface area (Å²) in [5.74, 6) is 0.790. The second-order valence-electron chi connectivity index (χ2n) is 4.17. The molecule has 0 spiro atoms. The number of hydrogen-bond acceptors (Lipinski definition) is 1. The minimum absolute atomic E-state index is 0.162. The van der Waals surface area contributed by atoms with Crippen molar-refractivity contribution in [2.24, 2.45) is 0 Å². The molecule has 2 aromatic rings. The third-order valence-corrected chi connectivity index (χ3v) is 2.81. The molecule has 2 rings (SSSR count). The van der Waals surface area contributed by atoms with Gasteiger partial charge in [-0.3, -0.25) is 0 Å². The van der Waals surface area contributed by atoms with Crippen LogP contribution in [-0.4, -0.2) is 0 Å². The highest BCUT2D eigenvalue weighted by atomic mass is 19.1. The molecule has 0 amide bonds. The van der Waals surface area contributed by atoms with Crippen molar-refractivity contribution in [2.45, 2.75) is 32.1 Å². The van der Waals surface area contributed by atoms with Crippen molar-refractivity contribution in [3.8, 4) is 0 Å². The summed E-state index contributed by atoms with van der Waals surface area (Å²) in [6, 6.07) is 6.47. The molecule has 0 saturated carbocycles. The summed E-state index contributed by atoms with van der Waals surface area (Å²) in [5, 5.41) is 0.820. The number of rotatable bonds is 4. The second-order valence-corrected chi connectivity index (χ2v) is 4.17. The molecule has 0 saturated heterocycles. The Labute approximate surface area is 95.3 Å². The Morgan fingerprint density at radius 1 is 1.38 bits per heavy atom. The van der Waals surface area contributed by atoms with Crippen molar-refractivity contribution in [2.75, 3.05) is 0 Å². The first-order valence-corrected chi connectivity index (χ1v) is 5.72. The summed E-state index contributed by atoms with van der Waals surface area (Å²) in [6.07, 6.45) is 3.30. The van der Waals surface area contributed by atoms with Gasteiger partial charge in [0.05, 0.1) is 0 Å². The molecule has 0 aliphatic carbocycles. The monoisotopic (exact) mass is 219 g/mol. The molecule has 0 fully saturated rings. The van der Waals surface area contributed by atoms with Crippen LogP contribution in [0.2, 0.25) is 0 Å². The van der Waals surface area contributed by atoms with Gasteiger partial charge in [0.1, 0.15) is 17.2 Å². The highest BCUT2D eigenvalue weighted by molar-refractivity contribution is 5.78. The van der Waals surface area contributed by atoms with E-state index in [-0.39, 0.29) is 11.7 Å². The smallest absolute Gasteiger partial charge is 0.134 e. The van der Waals surface area contributed by atoms with Gasteiger partial charge in [-0.1, -0.05) is 19.8 Å². The normalized spacial score (nSPS) is 13.2. The van der Waals surface area contributed by atoms with Crippen molar-refractivity contribution >= 4 is 11.0 Å². The molecule has 16 heavy (non-hydrogen) atoms. The second kappa shape index (κ2) is 4.69. The first-order valence-electron chi connectivity index (χ1n) is 5.72. The SMILES string of the molecule is [CH2]C(CCCC)c1cc2cc(F)ccc2o1. The Balaban J connectivity index is 2.25. The largest absolute Gasteiger partial charge is 0.461 e. The number of halogens is 1. The third kappa shape index (κ3) is 2.26. The highest BCUT2D eigenvalue weighted by Gasteiger charge is 2.11. The van der Waals surface area contributed by atoms with Crippen molar-refractivity contribution < 1.29 is 8.81 Å². The van der Waals surface area contributed by atoms with Crippen LogP contribution in [-0.2, 0) is 0 Å². The molecule has 85 valence electrons. The van der Waals surface area contributed by atoms with Crippen molar-refractivity contribution in [1.29, 1.82) is 0 Å². The van der Waals surface area contributed by atoms with Crippen LogP contribution < -0.4 is 0 Å². The predicted octanol–water partition coefficient (Wildman–Crippen LogP) is 4.68. The number of fused-ring (bicyclic) bond motifs is 1. The Kier molecular flexibility index (Phi) is 3.28. The summed E-state index contributed by atoms with van der Waals surface area (Å²) in [4.78, 5) is 0. The standard InChI is InChI=1S/C14H16FO/c1-3-4-5-10(2)14-9-11-8-12(15)6-7-13(11)16-14/h6-10H,2-5H2,1H3. The highest BCUT2D eigenvalue weighted by Crippen LogP contribution is 2.28. The average Bonchev–Trinajstić information content (AvgIpc) is 2.68. The van der Waals surface area contributed by atoms with E-state index >= 15 is 0 Å². The lowest BCUT2D eigenvalue weighted by Gasteiger charge is -2.05. The fourth-order valence-corrected chi connectivity index (χ4v) is 1.83. The van der Waals surface area contributed by atoms with Crippen molar-refractivity contribution in [3.63, 3.8) is 0 Å². The molecule has 1 aromatic heterocycles. The molecule has 1 nitrogen and oxygen atoms in total. The fraction of sp³-hybridized carbons (Fsp3) is 0.357. The van der Waals surface area contributed by atoms with E-state index in [0.717, 1.165) is 36.0 Å².